The summed E-state index contributed by atoms with van der Waals surface area (Å²) in [6.45, 7) is 2.42. The molecule has 0 amide bonds. The number of allylic oxidation sites excluding steroid dienone is 10. The van der Waals surface area contributed by atoms with Gasteiger partial charge in [-0.25, -0.2) is 0 Å². The standard InChI is InChI=1S/C59H102O15/c1-3-5-7-9-11-13-15-17-19-20-21-22-23-24-25-26-28-30-32-34-36-38-40-42-51(62)72-47(44-69-50(61)41-39-37-35-33-31-29-27-18-16-14-12-10-8-6-4-2)45-70-58-57(68)55(66)53(64)49(74-58)46-71-59-56(67)54(65)52(63)48(43-60)73-59/h6,8,10,12,14,16,18,27,34,36,47-49,52-60,63-68H,3-5,7,9,11,13,15,17,19-26,28-33,35,37-46H2,1-2H3/b8-6+,12-10+,16-14+,27-18+,36-34+/t47-,48+,49+,52-,53-,54?,55?,56?,57?,58+,59+/m1/s1. The molecule has 0 aromatic carbocycles. The second kappa shape index (κ2) is 45.2. The fourth-order valence-corrected chi connectivity index (χ4v) is 8.88. The summed E-state index contributed by atoms with van der Waals surface area (Å²) in [7, 11) is 0. The largest absolute Gasteiger partial charge is 0.462 e. The topological polar surface area (TPSA) is 231 Å². The molecule has 0 aromatic rings. The first-order valence-corrected chi connectivity index (χ1v) is 28.9. The minimum atomic E-state index is -1.78. The van der Waals surface area contributed by atoms with E-state index in [-0.39, 0.29) is 19.4 Å². The molecule has 0 aromatic heterocycles. The van der Waals surface area contributed by atoms with Crippen molar-refractivity contribution in [1.82, 2.24) is 0 Å². The van der Waals surface area contributed by atoms with E-state index >= 15 is 0 Å². The molecule has 0 bridgehead atoms. The maximum absolute atomic E-state index is 13.1. The lowest BCUT2D eigenvalue weighted by Gasteiger charge is -2.42. The summed E-state index contributed by atoms with van der Waals surface area (Å²) in [6.07, 6.45) is 36.9. The highest BCUT2D eigenvalue weighted by molar-refractivity contribution is 5.70. The number of ether oxygens (including phenoxy) is 6. The number of carbonyl (C=O) groups excluding carboxylic acids is 2. The molecule has 74 heavy (non-hydrogen) atoms. The van der Waals surface area contributed by atoms with E-state index in [9.17, 15) is 45.3 Å². The van der Waals surface area contributed by atoms with Crippen molar-refractivity contribution in [3.8, 4) is 0 Å². The molecule has 15 nitrogen and oxygen atoms in total. The Bertz CT molecular complexity index is 1520. The third-order valence-electron chi connectivity index (χ3n) is 13.6. The molecule has 2 saturated heterocycles. The maximum Gasteiger partial charge on any atom is 0.306 e. The van der Waals surface area contributed by atoms with Crippen LogP contribution in [0.25, 0.3) is 0 Å². The van der Waals surface area contributed by atoms with Gasteiger partial charge in [-0.2, -0.15) is 0 Å². The number of aliphatic hydroxyl groups is 7. The second-order valence-electron chi connectivity index (χ2n) is 20.2. The lowest BCUT2D eigenvalue weighted by Crippen LogP contribution is -2.61. The van der Waals surface area contributed by atoms with E-state index < -0.39 is 99.3 Å². The van der Waals surface area contributed by atoms with E-state index in [0.29, 0.717) is 19.3 Å². The van der Waals surface area contributed by atoms with Crippen LogP contribution in [0.1, 0.15) is 206 Å². The fourth-order valence-electron chi connectivity index (χ4n) is 8.88. The molecule has 4 unspecified atom stereocenters. The Morgan fingerprint density at radius 3 is 1.42 bits per heavy atom. The van der Waals surface area contributed by atoms with Gasteiger partial charge in [0.15, 0.2) is 18.7 Å². The van der Waals surface area contributed by atoms with Crippen LogP contribution in [0.3, 0.4) is 0 Å². The van der Waals surface area contributed by atoms with Crippen LogP contribution in [0.15, 0.2) is 60.8 Å². The smallest absolute Gasteiger partial charge is 0.306 e. The summed E-state index contributed by atoms with van der Waals surface area (Å²) >= 11 is 0. The molecule has 11 atom stereocenters. The van der Waals surface area contributed by atoms with Gasteiger partial charge in [0.05, 0.1) is 19.8 Å². The van der Waals surface area contributed by atoms with Crippen molar-refractivity contribution in [2.75, 3.05) is 26.4 Å². The third-order valence-corrected chi connectivity index (χ3v) is 13.6. The number of hydrogen-bond acceptors (Lipinski definition) is 15. The SMILES string of the molecule is CC/C=C/C=C/C=C/C=C/CCCCCCCC(=O)OC[C@H](CO[C@H]1O[C@@H](CO[C@H]2O[C@@H](CO)[C@@H](O)C(O)C2O)[C@@H](O)C(O)C1O)OC(=O)CCC/C=C/CCCCCCCCCCCCCCCCCCCC. The second-order valence-corrected chi connectivity index (χ2v) is 20.2. The Morgan fingerprint density at radius 2 is 0.878 bits per heavy atom. The van der Waals surface area contributed by atoms with Gasteiger partial charge in [0.1, 0.15) is 55.4 Å². The quantitative estimate of drug-likeness (QED) is 0.0130. The number of rotatable bonds is 45. The van der Waals surface area contributed by atoms with Crippen molar-refractivity contribution < 1.29 is 73.8 Å². The molecule has 0 saturated carbocycles. The average Bonchev–Trinajstić information content (AvgIpc) is 3.39. The van der Waals surface area contributed by atoms with Gasteiger partial charge in [-0.3, -0.25) is 9.59 Å². The van der Waals surface area contributed by atoms with Crippen LogP contribution < -0.4 is 0 Å². The van der Waals surface area contributed by atoms with Crippen molar-refractivity contribution >= 4 is 11.9 Å². The maximum atomic E-state index is 13.1. The summed E-state index contributed by atoms with van der Waals surface area (Å²) in [5, 5.41) is 72.2. The van der Waals surface area contributed by atoms with Crippen molar-refractivity contribution in [1.29, 1.82) is 0 Å². The first-order chi connectivity index (χ1) is 36.0. The molecule has 7 N–H and O–H groups in total. The highest BCUT2D eigenvalue weighted by Gasteiger charge is 2.47. The van der Waals surface area contributed by atoms with Crippen LogP contribution in [0.2, 0.25) is 0 Å². The predicted molar refractivity (Wildman–Crippen MR) is 289 cm³/mol. The Labute approximate surface area is 445 Å². The molecule has 2 heterocycles. The molecule has 15 heteroatoms. The molecule has 2 aliphatic heterocycles. The highest BCUT2D eigenvalue weighted by Crippen LogP contribution is 2.27. The van der Waals surface area contributed by atoms with Crippen LogP contribution >= 0.6 is 0 Å². The Morgan fingerprint density at radius 1 is 0.446 bits per heavy atom. The molecule has 2 rings (SSSR count). The first kappa shape index (κ1) is 67.3. The minimum Gasteiger partial charge on any atom is -0.462 e. The number of unbranched alkanes of at least 4 members (excludes halogenated alkanes) is 24. The van der Waals surface area contributed by atoms with E-state index in [1.807, 2.05) is 36.5 Å². The molecular formula is C59H102O15. The zero-order valence-electron chi connectivity index (χ0n) is 45.6. The van der Waals surface area contributed by atoms with E-state index in [2.05, 4.69) is 38.2 Å². The molecule has 2 fully saturated rings. The number of carbonyl (C=O) groups is 2. The van der Waals surface area contributed by atoms with E-state index in [1.165, 1.54) is 109 Å². The predicted octanol–water partition coefficient (Wildman–Crippen LogP) is 9.61. The monoisotopic (exact) mass is 1050 g/mol. The molecule has 428 valence electrons. The highest BCUT2D eigenvalue weighted by atomic mass is 16.7. The number of esters is 2. The summed E-state index contributed by atoms with van der Waals surface area (Å²) < 4.78 is 33.6. The van der Waals surface area contributed by atoms with Crippen molar-refractivity contribution in [3.63, 3.8) is 0 Å². The van der Waals surface area contributed by atoms with Gasteiger partial charge >= 0.3 is 11.9 Å². The van der Waals surface area contributed by atoms with Crippen molar-refractivity contribution in [2.45, 2.75) is 274 Å². The number of hydrogen-bond donors (Lipinski definition) is 7. The normalized spacial score (nSPS) is 25.1. The number of aliphatic hydroxyl groups excluding tert-OH is 7. The van der Waals surface area contributed by atoms with Crippen LogP contribution in [0.5, 0.6) is 0 Å². The van der Waals surface area contributed by atoms with Crippen LogP contribution in [-0.4, -0.2) is 142 Å². The summed E-state index contributed by atoms with van der Waals surface area (Å²) in [5.41, 5.74) is 0. The van der Waals surface area contributed by atoms with Gasteiger partial charge < -0.3 is 64.2 Å². The Kier molecular flexibility index (Phi) is 41.2. The van der Waals surface area contributed by atoms with Crippen LogP contribution in [0, 0.1) is 0 Å². The van der Waals surface area contributed by atoms with E-state index in [4.69, 9.17) is 28.4 Å². The van der Waals surface area contributed by atoms with Gasteiger partial charge in [-0.15, -0.1) is 0 Å². The van der Waals surface area contributed by atoms with Gasteiger partial charge in [0, 0.05) is 12.8 Å². The summed E-state index contributed by atoms with van der Waals surface area (Å²) in [5.74, 6) is -0.988. The fraction of sp³-hybridized carbons (Fsp3) is 0.797. The van der Waals surface area contributed by atoms with Gasteiger partial charge in [-0.05, 0) is 51.4 Å². The third kappa shape index (κ3) is 32.1. The zero-order chi connectivity index (χ0) is 53.9. The minimum absolute atomic E-state index is 0.111. The van der Waals surface area contributed by atoms with Gasteiger partial charge in [0.2, 0.25) is 0 Å². The zero-order valence-corrected chi connectivity index (χ0v) is 45.6. The lowest BCUT2D eigenvalue weighted by molar-refractivity contribution is -0.332. The van der Waals surface area contributed by atoms with Gasteiger partial charge in [0.25, 0.3) is 0 Å². The summed E-state index contributed by atoms with van der Waals surface area (Å²) in [6, 6.07) is 0. The molecule has 0 aliphatic carbocycles. The Balaban J connectivity index is 1.76. The van der Waals surface area contributed by atoms with Crippen molar-refractivity contribution in [3.05, 3.63) is 60.8 Å². The van der Waals surface area contributed by atoms with E-state index in [0.717, 1.165) is 51.4 Å². The molecule has 0 radical (unpaired) electrons. The van der Waals surface area contributed by atoms with Crippen molar-refractivity contribution in [2.24, 2.45) is 0 Å². The Hall–Kier alpha value is -2.80. The lowest BCUT2D eigenvalue weighted by atomic mass is 9.98. The summed E-state index contributed by atoms with van der Waals surface area (Å²) in [4.78, 5) is 25.8. The van der Waals surface area contributed by atoms with Crippen LogP contribution in [0.4, 0.5) is 0 Å². The van der Waals surface area contributed by atoms with Crippen LogP contribution in [-0.2, 0) is 38.0 Å². The molecular weight excluding hydrogens is 949 g/mol. The van der Waals surface area contributed by atoms with E-state index in [1.54, 1.807) is 0 Å². The average molecular weight is 1050 g/mol. The first-order valence-electron chi connectivity index (χ1n) is 28.9. The van der Waals surface area contributed by atoms with Gasteiger partial charge in [-0.1, -0.05) is 203 Å². The molecule has 2 aliphatic rings. The molecule has 0 spiro atoms.